The first-order valence-electron chi connectivity index (χ1n) is 7.92. The van der Waals surface area contributed by atoms with Gasteiger partial charge >= 0.3 is 0 Å². The standard InChI is InChI=1S/C19H12Cl2N4O2/c20-14-9-16-17(10-15(14)21)25-18(24-16)19(26)23-11-1-3-12(4-2-11)27-13-5-7-22-8-6-13/h1-10H,(H,23,26)(H,24,25). The summed E-state index contributed by atoms with van der Waals surface area (Å²) < 4.78 is 5.69. The molecule has 0 saturated carbocycles. The molecular formula is C19H12Cl2N4O2. The minimum Gasteiger partial charge on any atom is -0.457 e. The van der Waals surface area contributed by atoms with Crippen LogP contribution in [0, 0.1) is 0 Å². The predicted octanol–water partition coefficient (Wildman–Crippen LogP) is 5.31. The maximum absolute atomic E-state index is 12.4. The molecule has 0 aliphatic rings. The number of hydrogen-bond donors (Lipinski definition) is 2. The molecule has 2 heterocycles. The first-order valence-corrected chi connectivity index (χ1v) is 8.68. The van der Waals surface area contributed by atoms with E-state index >= 15 is 0 Å². The Morgan fingerprint density at radius 2 is 1.63 bits per heavy atom. The molecule has 2 N–H and O–H groups in total. The van der Waals surface area contributed by atoms with Gasteiger partial charge in [0.1, 0.15) is 11.5 Å². The number of fused-ring (bicyclic) bond motifs is 1. The van der Waals surface area contributed by atoms with Crippen molar-refractivity contribution in [3.8, 4) is 11.5 Å². The van der Waals surface area contributed by atoms with E-state index in [2.05, 4.69) is 20.3 Å². The molecule has 0 bridgehead atoms. The van der Waals surface area contributed by atoms with Gasteiger partial charge in [-0.05, 0) is 48.5 Å². The number of hydrogen-bond acceptors (Lipinski definition) is 4. The van der Waals surface area contributed by atoms with Gasteiger partial charge in [0.25, 0.3) is 5.91 Å². The predicted molar refractivity (Wildman–Crippen MR) is 105 cm³/mol. The van der Waals surface area contributed by atoms with E-state index in [-0.39, 0.29) is 11.7 Å². The van der Waals surface area contributed by atoms with Gasteiger partial charge in [0.05, 0.1) is 21.1 Å². The number of pyridine rings is 1. The van der Waals surface area contributed by atoms with Crippen molar-refractivity contribution >= 4 is 45.8 Å². The third-order valence-corrected chi connectivity index (χ3v) is 4.46. The highest BCUT2D eigenvalue weighted by atomic mass is 35.5. The average Bonchev–Trinajstić information content (AvgIpc) is 3.07. The Bertz CT molecular complexity index is 1070. The highest BCUT2D eigenvalue weighted by Gasteiger charge is 2.13. The SMILES string of the molecule is O=C(Nc1ccc(Oc2ccncc2)cc1)c1nc2cc(Cl)c(Cl)cc2[nH]1. The second-order valence-electron chi connectivity index (χ2n) is 5.63. The molecule has 4 rings (SSSR count). The summed E-state index contributed by atoms with van der Waals surface area (Å²) in [6.07, 6.45) is 3.30. The molecule has 27 heavy (non-hydrogen) atoms. The molecule has 6 nitrogen and oxygen atoms in total. The van der Waals surface area contributed by atoms with E-state index in [1.165, 1.54) is 0 Å². The van der Waals surface area contributed by atoms with E-state index in [1.54, 1.807) is 60.9 Å². The molecule has 0 aliphatic heterocycles. The zero-order valence-corrected chi connectivity index (χ0v) is 15.3. The van der Waals surface area contributed by atoms with Crippen molar-refractivity contribution in [3.63, 3.8) is 0 Å². The normalized spacial score (nSPS) is 10.7. The summed E-state index contributed by atoms with van der Waals surface area (Å²) in [5.74, 6) is 1.12. The Labute approximate surface area is 164 Å². The second-order valence-corrected chi connectivity index (χ2v) is 6.45. The van der Waals surface area contributed by atoms with Crippen LogP contribution in [-0.4, -0.2) is 20.9 Å². The van der Waals surface area contributed by atoms with Crippen LogP contribution >= 0.6 is 23.2 Å². The van der Waals surface area contributed by atoms with Crippen molar-refractivity contribution in [2.24, 2.45) is 0 Å². The summed E-state index contributed by atoms with van der Waals surface area (Å²) >= 11 is 12.0. The van der Waals surface area contributed by atoms with Crippen LogP contribution in [0.3, 0.4) is 0 Å². The highest BCUT2D eigenvalue weighted by Crippen LogP contribution is 2.27. The topological polar surface area (TPSA) is 79.9 Å². The molecule has 1 amide bonds. The van der Waals surface area contributed by atoms with Crippen LogP contribution < -0.4 is 10.1 Å². The zero-order chi connectivity index (χ0) is 18.8. The number of anilines is 1. The highest BCUT2D eigenvalue weighted by molar-refractivity contribution is 6.42. The summed E-state index contributed by atoms with van der Waals surface area (Å²) in [4.78, 5) is 23.5. The summed E-state index contributed by atoms with van der Waals surface area (Å²) in [5.41, 5.74) is 1.81. The van der Waals surface area contributed by atoms with Crippen molar-refractivity contribution in [1.82, 2.24) is 15.0 Å². The molecule has 2 aromatic carbocycles. The van der Waals surface area contributed by atoms with Gasteiger partial charge in [-0.15, -0.1) is 0 Å². The smallest absolute Gasteiger partial charge is 0.291 e. The fourth-order valence-corrected chi connectivity index (χ4v) is 2.77. The largest absolute Gasteiger partial charge is 0.457 e. The fourth-order valence-electron chi connectivity index (χ4n) is 2.45. The quantitative estimate of drug-likeness (QED) is 0.488. The molecule has 8 heteroatoms. The molecule has 0 fully saturated rings. The van der Waals surface area contributed by atoms with Gasteiger partial charge in [0.2, 0.25) is 0 Å². The van der Waals surface area contributed by atoms with Crippen molar-refractivity contribution < 1.29 is 9.53 Å². The molecule has 4 aromatic rings. The lowest BCUT2D eigenvalue weighted by Gasteiger charge is -2.07. The molecule has 0 spiro atoms. The monoisotopic (exact) mass is 398 g/mol. The Kier molecular flexibility index (Phi) is 4.66. The van der Waals surface area contributed by atoms with E-state index in [9.17, 15) is 4.79 Å². The van der Waals surface area contributed by atoms with Crippen LogP contribution in [0.2, 0.25) is 10.0 Å². The second kappa shape index (κ2) is 7.26. The molecular weight excluding hydrogens is 387 g/mol. The third-order valence-electron chi connectivity index (χ3n) is 3.74. The average molecular weight is 399 g/mol. The van der Waals surface area contributed by atoms with Gasteiger partial charge in [0.15, 0.2) is 5.82 Å². The maximum atomic E-state index is 12.4. The van der Waals surface area contributed by atoms with Crippen LogP contribution in [0.1, 0.15) is 10.6 Å². The number of nitrogens with one attached hydrogen (secondary N) is 2. The molecule has 134 valence electrons. The summed E-state index contributed by atoms with van der Waals surface area (Å²) in [5, 5.41) is 3.55. The number of ether oxygens (including phenoxy) is 1. The first kappa shape index (κ1) is 17.3. The molecule has 0 aliphatic carbocycles. The van der Waals surface area contributed by atoms with Crippen LogP contribution in [-0.2, 0) is 0 Å². The minimum absolute atomic E-state index is 0.167. The third kappa shape index (κ3) is 3.86. The van der Waals surface area contributed by atoms with E-state index in [0.717, 1.165) is 0 Å². The lowest BCUT2D eigenvalue weighted by atomic mass is 10.3. The van der Waals surface area contributed by atoms with Gasteiger partial charge in [-0.1, -0.05) is 23.2 Å². The molecule has 2 aromatic heterocycles. The summed E-state index contributed by atoms with van der Waals surface area (Å²) in [6, 6.07) is 13.8. The van der Waals surface area contributed by atoms with Gasteiger partial charge in [-0.3, -0.25) is 9.78 Å². The number of aromatic nitrogens is 3. The van der Waals surface area contributed by atoms with Gasteiger partial charge < -0.3 is 15.0 Å². The lowest BCUT2D eigenvalue weighted by Crippen LogP contribution is -2.13. The Hall–Kier alpha value is -3.09. The number of halogens is 2. The minimum atomic E-state index is -0.374. The number of rotatable bonds is 4. The van der Waals surface area contributed by atoms with E-state index in [1.807, 2.05) is 0 Å². The first-order chi connectivity index (χ1) is 13.1. The van der Waals surface area contributed by atoms with Crippen LogP contribution in [0.25, 0.3) is 11.0 Å². The fraction of sp³-hybridized carbons (Fsp3) is 0. The number of carbonyl (C=O) groups excluding carboxylic acids is 1. The van der Waals surface area contributed by atoms with Crippen molar-refractivity contribution in [2.75, 3.05) is 5.32 Å². The van der Waals surface area contributed by atoms with E-state index in [4.69, 9.17) is 27.9 Å². The number of H-pyrrole nitrogens is 1. The number of benzene rings is 2. The van der Waals surface area contributed by atoms with Crippen molar-refractivity contribution in [3.05, 3.63) is 76.8 Å². The Morgan fingerprint density at radius 1 is 0.963 bits per heavy atom. The van der Waals surface area contributed by atoms with Crippen LogP contribution in [0.15, 0.2) is 60.9 Å². The molecule has 0 saturated heterocycles. The molecule has 0 radical (unpaired) electrons. The number of aromatic amines is 1. The van der Waals surface area contributed by atoms with Gasteiger partial charge in [-0.2, -0.15) is 0 Å². The van der Waals surface area contributed by atoms with Gasteiger partial charge in [0, 0.05) is 18.1 Å². The number of carbonyl (C=O) groups is 1. The molecule has 0 atom stereocenters. The van der Waals surface area contributed by atoms with E-state index in [0.29, 0.717) is 38.3 Å². The number of nitrogens with zero attached hydrogens (tertiary/aromatic N) is 2. The maximum Gasteiger partial charge on any atom is 0.291 e. The van der Waals surface area contributed by atoms with Gasteiger partial charge in [-0.25, -0.2) is 4.98 Å². The van der Waals surface area contributed by atoms with Crippen LogP contribution in [0.4, 0.5) is 5.69 Å². The van der Waals surface area contributed by atoms with E-state index < -0.39 is 0 Å². The van der Waals surface area contributed by atoms with Crippen molar-refractivity contribution in [1.29, 1.82) is 0 Å². The summed E-state index contributed by atoms with van der Waals surface area (Å²) in [6.45, 7) is 0. The Morgan fingerprint density at radius 3 is 2.37 bits per heavy atom. The zero-order valence-electron chi connectivity index (χ0n) is 13.7. The summed E-state index contributed by atoms with van der Waals surface area (Å²) in [7, 11) is 0. The lowest BCUT2D eigenvalue weighted by molar-refractivity contribution is 0.101. The number of amides is 1. The molecule has 0 unspecified atom stereocenters. The number of imidazole rings is 1. The van der Waals surface area contributed by atoms with Crippen molar-refractivity contribution in [2.45, 2.75) is 0 Å². The van der Waals surface area contributed by atoms with Crippen LogP contribution in [0.5, 0.6) is 11.5 Å². The Balaban J connectivity index is 1.48.